The molecule has 1 fully saturated rings. The van der Waals surface area contributed by atoms with Crippen LogP contribution in [0, 0.1) is 0 Å². The quantitative estimate of drug-likeness (QED) is 0.749. The van der Waals surface area contributed by atoms with Crippen LogP contribution in [0.1, 0.15) is 44.1 Å². The highest BCUT2D eigenvalue weighted by Crippen LogP contribution is 2.27. The van der Waals surface area contributed by atoms with Crippen molar-refractivity contribution in [3.05, 3.63) is 23.8 Å². The maximum Gasteiger partial charge on any atom is 0.229 e. The van der Waals surface area contributed by atoms with E-state index in [0.717, 1.165) is 31.2 Å². The minimum Gasteiger partial charge on any atom is -0.493 e. The molecule has 1 aliphatic rings. The molecule has 0 radical (unpaired) electrons. The summed E-state index contributed by atoms with van der Waals surface area (Å²) in [6.07, 6.45) is 5.42. The highest BCUT2D eigenvalue weighted by molar-refractivity contribution is 5.96. The molecular formula is C18H26N2O4. The SMILES string of the molecule is COc1ccc(CNC(=O)CC(=O)NC2CCCCC2)cc1OC. The Morgan fingerprint density at radius 3 is 2.42 bits per heavy atom. The van der Waals surface area contributed by atoms with Gasteiger partial charge in [-0.1, -0.05) is 25.3 Å². The van der Waals surface area contributed by atoms with Crippen molar-refractivity contribution in [2.24, 2.45) is 0 Å². The molecule has 24 heavy (non-hydrogen) atoms. The number of carbonyl (C=O) groups excluding carboxylic acids is 2. The van der Waals surface area contributed by atoms with Crippen molar-refractivity contribution in [2.45, 2.75) is 51.1 Å². The van der Waals surface area contributed by atoms with E-state index in [1.54, 1.807) is 26.4 Å². The summed E-state index contributed by atoms with van der Waals surface area (Å²) in [7, 11) is 3.14. The maximum atomic E-state index is 11.9. The summed E-state index contributed by atoms with van der Waals surface area (Å²) in [4.78, 5) is 23.8. The molecule has 1 aliphatic carbocycles. The Bertz CT molecular complexity index is 568. The highest BCUT2D eigenvalue weighted by atomic mass is 16.5. The Morgan fingerprint density at radius 1 is 1.04 bits per heavy atom. The van der Waals surface area contributed by atoms with Gasteiger partial charge in [0.05, 0.1) is 14.2 Å². The van der Waals surface area contributed by atoms with E-state index in [1.807, 2.05) is 6.07 Å². The lowest BCUT2D eigenvalue weighted by molar-refractivity contribution is -0.129. The summed E-state index contributed by atoms with van der Waals surface area (Å²) in [5, 5.41) is 5.70. The average molecular weight is 334 g/mol. The van der Waals surface area contributed by atoms with Crippen LogP contribution in [0.2, 0.25) is 0 Å². The fourth-order valence-corrected chi connectivity index (χ4v) is 2.93. The lowest BCUT2D eigenvalue weighted by atomic mass is 9.95. The molecule has 6 nitrogen and oxygen atoms in total. The van der Waals surface area contributed by atoms with Crippen molar-refractivity contribution in [2.75, 3.05) is 14.2 Å². The highest BCUT2D eigenvalue weighted by Gasteiger charge is 2.17. The first-order valence-electron chi connectivity index (χ1n) is 8.39. The van der Waals surface area contributed by atoms with Gasteiger partial charge < -0.3 is 20.1 Å². The van der Waals surface area contributed by atoms with Gasteiger partial charge in [-0.25, -0.2) is 0 Å². The van der Waals surface area contributed by atoms with Gasteiger partial charge >= 0.3 is 0 Å². The largest absolute Gasteiger partial charge is 0.493 e. The van der Waals surface area contributed by atoms with Gasteiger partial charge in [0.1, 0.15) is 6.42 Å². The van der Waals surface area contributed by atoms with Crippen LogP contribution in [0.3, 0.4) is 0 Å². The number of carbonyl (C=O) groups is 2. The second-order valence-corrected chi connectivity index (χ2v) is 6.05. The molecule has 2 N–H and O–H groups in total. The number of methoxy groups -OCH3 is 2. The van der Waals surface area contributed by atoms with Crippen LogP contribution in [-0.2, 0) is 16.1 Å². The summed E-state index contributed by atoms with van der Waals surface area (Å²) < 4.78 is 10.4. The Kier molecular flexibility index (Phi) is 6.90. The third kappa shape index (κ3) is 5.44. The molecule has 132 valence electrons. The number of amides is 2. The molecule has 0 atom stereocenters. The standard InChI is InChI=1S/C18H26N2O4/c1-23-15-9-8-13(10-16(15)24-2)12-19-17(21)11-18(22)20-14-6-4-3-5-7-14/h8-10,14H,3-7,11-12H2,1-2H3,(H,19,21)(H,20,22). The topological polar surface area (TPSA) is 76.7 Å². The lowest BCUT2D eigenvalue weighted by Gasteiger charge is -2.22. The summed E-state index contributed by atoms with van der Waals surface area (Å²) in [6, 6.07) is 5.67. The number of hydrogen-bond acceptors (Lipinski definition) is 4. The molecule has 0 aromatic heterocycles. The molecule has 0 spiro atoms. The van der Waals surface area contributed by atoms with E-state index in [9.17, 15) is 9.59 Å². The van der Waals surface area contributed by atoms with Crippen molar-refractivity contribution >= 4 is 11.8 Å². The number of benzene rings is 1. The summed E-state index contributed by atoms with van der Waals surface area (Å²) in [6.45, 7) is 0.343. The predicted molar refractivity (Wildman–Crippen MR) is 91.0 cm³/mol. The average Bonchev–Trinajstić information content (AvgIpc) is 2.60. The fourth-order valence-electron chi connectivity index (χ4n) is 2.93. The molecule has 1 saturated carbocycles. The molecule has 0 saturated heterocycles. The minimum atomic E-state index is -0.280. The lowest BCUT2D eigenvalue weighted by Crippen LogP contribution is -2.39. The number of ether oxygens (including phenoxy) is 2. The third-order valence-corrected chi connectivity index (χ3v) is 4.23. The van der Waals surface area contributed by atoms with E-state index < -0.39 is 0 Å². The van der Waals surface area contributed by atoms with E-state index in [0.29, 0.717) is 18.0 Å². The summed E-state index contributed by atoms with van der Waals surface area (Å²) in [5.41, 5.74) is 0.883. The fraction of sp³-hybridized carbons (Fsp3) is 0.556. The van der Waals surface area contributed by atoms with Crippen molar-refractivity contribution < 1.29 is 19.1 Å². The first-order chi connectivity index (χ1) is 11.6. The first-order valence-corrected chi connectivity index (χ1v) is 8.39. The smallest absolute Gasteiger partial charge is 0.229 e. The number of hydrogen-bond donors (Lipinski definition) is 2. The van der Waals surface area contributed by atoms with Crippen LogP contribution in [0.25, 0.3) is 0 Å². The number of nitrogens with one attached hydrogen (secondary N) is 2. The van der Waals surface area contributed by atoms with Gasteiger partial charge in [0.25, 0.3) is 0 Å². The van der Waals surface area contributed by atoms with Crippen molar-refractivity contribution in [3.63, 3.8) is 0 Å². The molecule has 0 aliphatic heterocycles. The van der Waals surface area contributed by atoms with Crippen LogP contribution >= 0.6 is 0 Å². The van der Waals surface area contributed by atoms with E-state index in [4.69, 9.17) is 9.47 Å². The van der Waals surface area contributed by atoms with E-state index in [2.05, 4.69) is 10.6 Å². The molecule has 0 heterocycles. The molecule has 6 heteroatoms. The first kappa shape index (κ1) is 18.1. The van der Waals surface area contributed by atoms with E-state index in [1.165, 1.54) is 6.42 Å². The summed E-state index contributed by atoms with van der Waals surface area (Å²) in [5.74, 6) is 0.767. The third-order valence-electron chi connectivity index (χ3n) is 4.23. The van der Waals surface area contributed by atoms with Gasteiger partial charge in [-0.05, 0) is 30.5 Å². The maximum absolute atomic E-state index is 11.9. The van der Waals surface area contributed by atoms with Crippen LogP contribution in [0.4, 0.5) is 0 Å². The molecule has 2 amide bonds. The minimum absolute atomic E-state index is 0.135. The Balaban J connectivity index is 1.77. The summed E-state index contributed by atoms with van der Waals surface area (Å²) >= 11 is 0. The van der Waals surface area contributed by atoms with Gasteiger partial charge in [0.2, 0.25) is 11.8 Å². The van der Waals surface area contributed by atoms with Crippen LogP contribution in [0.5, 0.6) is 11.5 Å². The normalized spacial score (nSPS) is 14.8. The zero-order valence-electron chi connectivity index (χ0n) is 14.4. The number of rotatable bonds is 7. The molecule has 0 unspecified atom stereocenters. The van der Waals surface area contributed by atoms with Crippen molar-refractivity contribution in [3.8, 4) is 11.5 Å². The molecular weight excluding hydrogens is 308 g/mol. The molecule has 1 aromatic rings. The molecule has 0 bridgehead atoms. The van der Waals surface area contributed by atoms with Gasteiger partial charge in [-0.2, -0.15) is 0 Å². The Labute approximate surface area is 142 Å². The monoisotopic (exact) mass is 334 g/mol. The van der Waals surface area contributed by atoms with Gasteiger partial charge in [0, 0.05) is 12.6 Å². The van der Waals surface area contributed by atoms with Crippen molar-refractivity contribution in [1.29, 1.82) is 0 Å². The molecule has 2 rings (SSSR count). The van der Waals surface area contributed by atoms with E-state index >= 15 is 0 Å². The van der Waals surface area contributed by atoms with Crippen LogP contribution in [0.15, 0.2) is 18.2 Å². The zero-order valence-corrected chi connectivity index (χ0v) is 14.4. The second-order valence-electron chi connectivity index (χ2n) is 6.05. The van der Waals surface area contributed by atoms with E-state index in [-0.39, 0.29) is 24.3 Å². The second kappa shape index (κ2) is 9.15. The van der Waals surface area contributed by atoms with Crippen LogP contribution < -0.4 is 20.1 Å². The van der Waals surface area contributed by atoms with Gasteiger partial charge in [-0.3, -0.25) is 9.59 Å². The Hall–Kier alpha value is -2.24. The van der Waals surface area contributed by atoms with Crippen molar-refractivity contribution in [1.82, 2.24) is 10.6 Å². The molecule has 1 aromatic carbocycles. The zero-order chi connectivity index (χ0) is 17.4. The van der Waals surface area contributed by atoms with Crippen LogP contribution in [-0.4, -0.2) is 32.1 Å². The Morgan fingerprint density at radius 2 is 1.75 bits per heavy atom. The predicted octanol–water partition coefficient (Wildman–Crippen LogP) is 2.16. The van der Waals surface area contributed by atoms with Gasteiger partial charge in [-0.15, -0.1) is 0 Å². The van der Waals surface area contributed by atoms with Gasteiger partial charge in [0.15, 0.2) is 11.5 Å².